The van der Waals surface area contributed by atoms with Crippen molar-refractivity contribution in [3.05, 3.63) is 91.4 Å². The van der Waals surface area contributed by atoms with Crippen molar-refractivity contribution in [2.24, 2.45) is 5.10 Å². The highest BCUT2D eigenvalue weighted by molar-refractivity contribution is 6.37. The van der Waals surface area contributed by atoms with E-state index in [9.17, 15) is 4.79 Å². The van der Waals surface area contributed by atoms with E-state index in [1.165, 1.54) is 25.5 Å². The molecule has 0 atom stereocenters. The number of hydrogen-bond acceptors (Lipinski definition) is 4. The SMILES string of the molecule is COc1cc(/C=N\NC(=O)c2ccc(Cl)cc2Cl)ccc1OCc1c(Cl)cccc1Cl. The molecule has 0 bridgehead atoms. The van der Waals surface area contributed by atoms with Crippen LogP contribution in [0.15, 0.2) is 59.7 Å². The van der Waals surface area contributed by atoms with E-state index in [1.54, 1.807) is 42.5 Å². The predicted molar refractivity (Wildman–Crippen MR) is 125 cm³/mol. The summed E-state index contributed by atoms with van der Waals surface area (Å²) in [5, 5.41) is 5.68. The summed E-state index contributed by atoms with van der Waals surface area (Å²) in [5.74, 6) is 0.535. The molecule has 160 valence electrons. The molecule has 9 heteroatoms. The van der Waals surface area contributed by atoms with Gasteiger partial charge in [0.25, 0.3) is 5.91 Å². The quantitative estimate of drug-likeness (QED) is 0.293. The first-order valence-electron chi connectivity index (χ1n) is 8.91. The van der Waals surface area contributed by atoms with Gasteiger partial charge < -0.3 is 9.47 Å². The number of nitrogens with one attached hydrogen (secondary N) is 1. The van der Waals surface area contributed by atoms with Gasteiger partial charge in [0.05, 0.1) is 23.9 Å². The highest BCUT2D eigenvalue weighted by Gasteiger charge is 2.11. The van der Waals surface area contributed by atoms with Gasteiger partial charge in [0.1, 0.15) is 6.61 Å². The fourth-order valence-corrected chi connectivity index (χ4v) is 3.60. The second-order valence-corrected chi connectivity index (χ2v) is 7.88. The van der Waals surface area contributed by atoms with Crippen molar-refractivity contribution in [3.8, 4) is 11.5 Å². The monoisotopic (exact) mass is 496 g/mol. The van der Waals surface area contributed by atoms with Gasteiger partial charge in [-0.2, -0.15) is 5.10 Å². The van der Waals surface area contributed by atoms with Crippen LogP contribution >= 0.6 is 46.4 Å². The molecule has 3 aromatic rings. The Morgan fingerprint density at radius 2 is 1.71 bits per heavy atom. The largest absolute Gasteiger partial charge is 0.493 e. The number of amides is 1. The number of carbonyl (C=O) groups is 1. The molecule has 0 unspecified atom stereocenters. The molecule has 0 radical (unpaired) electrons. The summed E-state index contributed by atoms with van der Waals surface area (Å²) in [6.45, 7) is 0.181. The number of halogens is 4. The molecule has 0 aliphatic carbocycles. The number of hydrogen-bond donors (Lipinski definition) is 1. The number of rotatable bonds is 7. The summed E-state index contributed by atoms with van der Waals surface area (Å²) in [6.07, 6.45) is 1.47. The highest BCUT2D eigenvalue weighted by Crippen LogP contribution is 2.31. The maximum absolute atomic E-state index is 12.2. The first-order chi connectivity index (χ1) is 14.9. The summed E-state index contributed by atoms with van der Waals surface area (Å²) in [6, 6.07) is 15.0. The number of carbonyl (C=O) groups excluding carboxylic acids is 1. The van der Waals surface area contributed by atoms with Crippen LogP contribution in [0.1, 0.15) is 21.5 Å². The van der Waals surface area contributed by atoms with Gasteiger partial charge in [-0.1, -0.05) is 52.5 Å². The van der Waals surface area contributed by atoms with Crippen molar-refractivity contribution in [1.82, 2.24) is 5.43 Å². The number of ether oxygens (including phenoxy) is 2. The Bertz CT molecular complexity index is 1120. The molecule has 0 aliphatic rings. The van der Waals surface area contributed by atoms with Crippen molar-refractivity contribution in [1.29, 1.82) is 0 Å². The van der Waals surface area contributed by atoms with Gasteiger partial charge >= 0.3 is 0 Å². The smallest absolute Gasteiger partial charge is 0.272 e. The van der Waals surface area contributed by atoms with Crippen LogP contribution in [0.2, 0.25) is 20.1 Å². The fraction of sp³-hybridized carbons (Fsp3) is 0.0909. The maximum Gasteiger partial charge on any atom is 0.272 e. The molecular formula is C22H16Cl4N2O3. The van der Waals surface area contributed by atoms with E-state index < -0.39 is 5.91 Å². The normalized spacial score (nSPS) is 10.9. The molecule has 0 aliphatic heterocycles. The predicted octanol–water partition coefficient (Wildman–Crippen LogP) is 6.65. The zero-order valence-corrected chi connectivity index (χ0v) is 19.2. The minimum atomic E-state index is -0.457. The molecule has 0 saturated heterocycles. The van der Waals surface area contributed by atoms with Gasteiger partial charge in [-0.15, -0.1) is 0 Å². The molecule has 0 saturated carbocycles. The lowest BCUT2D eigenvalue weighted by Crippen LogP contribution is -2.18. The van der Waals surface area contributed by atoms with E-state index in [-0.39, 0.29) is 17.2 Å². The van der Waals surface area contributed by atoms with Crippen molar-refractivity contribution in [2.75, 3.05) is 7.11 Å². The number of benzene rings is 3. The Hall–Kier alpha value is -2.44. The molecule has 1 N–H and O–H groups in total. The molecule has 0 aromatic heterocycles. The van der Waals surface area contributed by atoms with E-state index in [0.29, 0.717) is 37.7 Å². The molecule has 0 spiro atoms. The number of methoxy groups -OCH3 is 1. The van der Waals surface area contributed by atoms with Gasteiger partial charge in [0.15, 0.2) is 11.5 Å². The third kappa shape index (κ3) is 6.05. The zero-order chi connectivity index (χ0) is 22.4. The van der Waals surface area contributed by atoms with Crippen LogP contribution in [-0.4, -0.2) is 19.2 Å². The van der Waals surface area contributed by atoms with Crippen LogP contribution in [-0.2, 0) is 6.61 Å². The second kappa shape index (κ2) is 10.7. The van der Waals surface area contributed by atoms with Crippen LogP contribution in [0.3, 0.4) is 0 Å². The summed E-state index contributed by atoms with van der Waals surface area (Å²) < 4.78 is 11.2. The Morgan fingerprint density at radius 3 is 2.39 bits per heavy atom. The lowest BCUT2D eigenvalue weighted by molar-refractivity contribution is 0.0955. The number of nitrogens with zero attached hydrogens (tertiary/aromatic N) is 1. The van der Waals surface area contributed by atoms with E-state index >= 15 is 0 Å². The van der Waals surface area contributed by atoms with Gasteiger partial charge in [0, 0.05) is 20.6 Å². The maximum atomic E-state index is 12.2. The molecular weight excluding hydrogens is 482 g/mol. The van der Waals surface area contributed by atoms with Gasteiger partial charge in [-0.25, -0.2) is 5.43 Å². The van der Waals surface area contributed by atoms with Crippen LogP contribution in [0, 0.1) is 0 Å². The number of hydrazone groups is 1. The van der Waals surface area contributed by atoms with Crippen molar-refractivity contribution in [3.63, 3.8) is 0 Å². The molecule has 0 fully saturated rings. The first kappa shape index (κ1) is 23.2. The minimum Gasteiger partial charge on any atom is -0.493 e. The van der Waals surface area contributed by atoms with Crippen LogP contribution in [0.25, 0.3) is 0 Å². The summed E-state index contributed by atoms with van der Waals surface area (Å²) in [5.41, 5.74) is 4.05. The summed E-state index contributed by atoms with van der Waals surface area (Å²) in [7, 11) is 1.52. The standard InChI is InChI=1S/C22H16Cl4N2O3/c1-30-21-9-13(11-27-28-22(29)15-7-6-14(23)10-19(15)26)5-8-20(21)31-12-16-17(24)3-2-4-18(16)25/h2-11H,12H2,1H3,(H,28,29)/b27-11-. The Labute approximate surface area is 199 Å². The van der Waals surface area contributed by atoms with E-state index in [1.807, 2.05) is 0 Å². The van der Waals surface area contributed by atoms with Crippen molar-refractivity contribution in [2.45, 2.75) is 6.61 Å². The van der Waals surface area contributed by atoms with Crippen LogP contribution in [0.5, 0.6) is 11.5 Å². The molecule has 0 heterocycles. The second-order valence-electron chi connectivity index (χ2n) is 6.22. The average molecular weight is 498 g/mol. The Balaban J connectivity index is 1.67. The molecule has 3 rings (SSSR count). The summed E-state index contributed by atoms with van der Waals surface area (Å²) in [4.78, 5) is 12.2. The third-order valence-electron chi connectivity index (χ3n) is 4.18. The van der Waals surface area contributed by atoms with Crippen LogP contribution in [0.4, 0.5) is 0 Å². The van der Waals surface area contributed by atoms with E-state index in [2.05, 4.69) is 10.5 Å². The Morgan fingerprint density at radius 1 is 0.968 bits per heavy atom. The topological polar surface area (TPSA) is 59.9 Å². The van der Waals surface area contributed by atoms with Crippen molar-refractivity contribution >= 4 is 58.5 Å². The lowest BCUT2D eigenvalue weighted by atomic mass is 10.2. The summed E-state index contributed by atoms with van der Waals surface area (Å²) >= 11 is 24.2. The highest BCUT2D eigenvalue weighted by atomic mass is 35.5. The van der Waals surface area contributed by atoms with E-state index in [4.69, 9.17) is 55.9 Å². The average Bonchev–Trinajstić information content (AvgIpc) is 2.73. The van der Waals surface area contributed by atoms with Crippen LogP contribution < -0.4 is 14.9 Å². The van der Waals surface area contributed by atoms with Gasteiger partial charge in [0.2, 0.25) is 0 Å². The first-order valence-corrected chi connectivity index (χ1v) is 10.4. The fourth-order valence-electron chi connectivity index (χ4n) is 2.60. The van der Waals surface area contributed by atoms with E-state index in [0.717, 1.165) is 0 Å². The lowest BCUT2D eigenvalue weighted by Gasteiger charge is -2.13. The molecule has 31 heavy (non-hydrogen) atoms. The van der Waals surface area contributed by atoms with Gasteiger partial charge in [-0.3, -0.25) is 4.79 Å². The molecule has 3 aromatic carbocycles. The zero-order valence-electron chi connectivity index (χ0n) is 16.2. The van der Waals surface area contributed by atoms with Crippen molar-refractivity contribution < 1.29 is 14.3 Å². The minimum absolute atomic E-state index is 0.181. The van der Waals surface area contributed by atoms with Gasteiger partial charge in [-0.05, 0) is 54.1 Å². The third-order valence-corrected chi connectivity index (χ3v) is 5.43. The molecule has 5 nitrogen and oxygen atoms in total. The Kier molecular flexibility index (Phi) is 8.04. The molecule has 1 amide bonds.